The maximum atomic E-state index is 13.7. The lowest BCUT2D eigenvalue weighted by Crippen LogP contribution is -2.48. The molecule has 9 heteroatoms. The van der Waals surface area contributed by atoms with Gasteiger partial charge < -0.3 is 14.8 Å². The molecule has 164 valence electrons. The van der Waals surface area contributed by atoms with E-state index in [-0.39, 0.29) is 29.5 Å². The molecule has 0 spiro atoms. The van der Waals surface area contributed by atoms with Gasteiger partial charge in [-0.2, -0.15) is 13.2 Å². The van der Waals surface area contributed by atoms with Crippen LogP contribution in [0.25, 0.3) is 0 Å². The van der Waals surface area contributed by atoms with E-state index in [1.807, 2.05) is 6.07 Å². The third-order valence-corrected chi connectivity index (χ3v) is 5.12. The lowest BCUT2D eigenvalue weighted by molar-refractivity contribution is -0.142. The number of rotatable bonds is 6. The monoisotopic (exact) mass is 450 g/mol. The summed E-state index contributed by atoms with van der Waals surface area (Å²) in [6, 6.07) is 13.0. The summed E-state index contributed by atoms with van der Waals surface area (Å²) in [5.41, 5.74) is 0.147. The van der Waals surface area contributed by atoms with Gasteiger partial charge in [0.25, 0.3) is 0 Å². The Bertz CT molecular complexity index is 993. The number of anilines is 1. The molecule has 0 unspecified atom stereocenters. The number of thiocarbonyl (C=S) groups is 1. The molecule has 0 saturated heterocycles. The molecule has 0 bridgehead atoms. The predicted molar refractivity (Wildman–Crippen MR) is 114 cm³/mol. The molecule has 31 heavy (non-hydrogen) atoms. The SMILES string of the molecule is COCCOC(=O)C1=C(C)N(c2ccccc2)C(=S)N[C@H]1c1ccccc1C(F)(F)F. The van der Waals surface area contributed by atoms with Crippen molar-refractivity contribution in [2.24, 2.45) is 0 Å². The van der Waals surface area contributed by atoms with Gasteiger partial charge in [-0.05, 0) is 42.9 Å². The Hall–Kier alpha value is -2.91. The molecule has 0 radical (unpaired) electrons. The van der Waals surface area contributed by atoms with E-state index in [9.17, 15) is 18.0 Å². The van der Waals surface area contributed by atoms with E-state index in [2.05, 4.69) is 5.32 Å². The zero-order valence-electron chi connectivity index (χ0n) is 16.9. The molecule has 2 aromatic rings. The van der Waals surface area contributed by atoms with E-state index in [1.54, 1.807) is 36.1 Å². The summed E-state index contributed by atoms with van der Waals surface area (Å²) in [5, 5.41) is 3.09. The van der Waals surface area contributed by atoms with Crippen molar-refractivity contribution in [2.75, 3.05) is 25.2 Å². The molecule has 0 saturated carbocycles. The predicted octanol–water partition coefficient (Wildman–Crippen LogP) is 4.60. The number of nitrogens with zero attached hydrogens (tertiary/aromatic N) is 1. The minimum Gasteiger partial charge on any atom is -0.460 e. The van der Waals surface area contributed by atoms with Crippen molar-refractivity contribution in [2.45, 2.75) is 19.1 Å². The summed E-state index contributed by atoms with van der Waals surface area (Å²) < 4.78 is 51.3. The zero-order valence-corrected chi connectivity index (χ0v) is 17.7. The number of alkyl halides is 3. The van der Waals surface area contributed by atoms with Gasteiger partial charge in [-0.15, -0.1) is 0 Å². The molecule has 1 aliphatic rings. The third-order valence-electron chi connectivity index (χ3n) is 4.82. The number of allylic oxidation sites excluding steroid dienone is 1. The Morgan fingerprint density at radius 3 is 2.39 bits per heavy atom. The summed E-state index contributed by atoms with van der Waals surface area (Å²) >= 11 is 5.47. The largest absolute Gasteiger partial charge is 0.460 e. The molecular formula is C22H21F3N2O3S. The van der Waals surface area contributed by atoms with Crippen LogP contribution in [0.1, 0.15) is 24.1 Å². The van der Waals surface area contributed by atoms with Crippen LogP contribution in [0.15, 0.2) is 65.9 Å². The number of hydrogen-bond acceptors (Lipinski definition) is 4. The highest BCUT2D eigenvalue weighted by Gasteiger charge is 2.41. The van der Waals surface area contributed by atoms with Crippen LogP contribution in [0.4, 0.5) is 18.9 Å². The van der Waals surface area contributed by atoms with E-state index in [0.29, 0.717) is 11.4 Å². The van der Waals surface area contributed by atoms with E-state index in [4.69, 9.17) is 21.7 Å². The Labute approximate surface area is 183 Å². The molecule has 0 amide bonds. The fourth-order valence-electron chi connectivity index (χ4n) is 3.43. The van der Waals surface area contributed by atoms with E-state index < -0.39 is 23.8 Å². The third kappa shape index (κ3) is 4.88. The molecule has 1 heterocycles. The van der Waals surface area contributed by atoms with Gasteiger partial charge in [-0.25, -0.2) is 4.79 Å². The average molecular weight is 450 g/mol. The number of nitrogens with one attached hydrogen (secondary N) is 1. The first-order valence-electron chi connectivity index (χ1n) is 9.44. The molecule has 1 aliphatic heterocycles. The number of para-hydroxylation sites is 1. The first kappa shape index (κ1) is 22.8. The molecule has 1 N–H and O–H groups in total. The van der Waals surface area contributed by atoms with Crippen molar-refractivity contribution < 1.29 is 27.4 Å². The Balaban J connectivity index is 2.14. The molecule has 0 aromatic heterocycles. The second-order valence-corrected chi connectivity index (χ2v) is 7.15. The van der Waals surface area contributed by atoms with Crippen molar-refractivity contribution >= 4 is 29.0 Å². The van der Waals surface area contributed by atoms with E-state index >= 15 is 0 Å². The zero-order chi connectivity index (χ0) is 22.6. The number of esters is 1. The summed E-state index contributed by atoms with van der Waals surface area (Å²) in [7, 11) is 1.46. The molecule has 1 atom stereocenters. The minimum atomic E-state index is -4.60. The standard InChI is InChI=1S/C22H21F3N2O3S/c1-14-18(20(28)30-13-12-29-2)19(16-10-6-7-11-17(16)22(23,24)25)26-21(31)27(14)15-8-4-3-5-9-15/h3-11,19H,12-13H2,1-2H3,(H,26,31)/t19-/m0/s1. The molecular weight excluding hydrogens is 429 g/mol. The quantitative estimate of drug-likeness (QED) is 0.394. The van der Waals surface area contributed by atoms with E-state index in [1.165, 1.54) is 25.3 Å². The highest BCUT2D eigenvalue weighted by atomic mass is 32.1. The first-order chi connectivity index (χ1) is 14.8. The summed E-state index contributed by atoms with van der Waals surface area (Å²) in [6.07, 6.45) is -4.60. The van der Waals surface area contributed by atoms with Crippen LogP contribution >= 0.6 is 12.2 Å². The Kier molecular flexibility index (Phi) is 6.97. The van der Waals surface area contributed by atoms with Crippen molar-refractivity contribution in [3.8, 4) is 0 Å². The van der Waals surface area contributed by atoms with Crippen molar-refractivity contribution in [3.05, 3.63) is 77.0 Å². The minimum absolute atomic E-state index is 0.0322. The lowest BCUT2D eigenvalue weighted by Gasteiger charge is -2.38. The fraction of sp³-hybridized carbons (Fsp3) is 0.273. The molecule has 2 aromatic carbocycles. The molecule has 0 fully saturated rings. The topological polar surface area (TPSA) is 50.8 Å². The highest BCUT2D eigenvalue weighted by molar-refractivity contribution is 7.80. The van der Waals surface area contributed by atoms with Crippen molar-refractivity contribution in [1.29, 1.82) is 0 Å². The maximum Gasteiger partial charge on any atom is 0.416 e. The summed E-state index contributed by atoms with van der Waals surface area (Å²) in [6.45, 7) is 1.77. The normalized spacial score (nSPS) is 16.9. The summed E-state index contributed by atoms with van der Waals surface area (Å²) in [4.78, 5) is 14.6. The number of benzene rings is 2. The number of hydrogen-bond donors (Lipinski definition) is 1. The van der Waals surface area contributed by atoms with Gasteiger partial charge in [0.2, 0.25) is 0 Å². The number of halogens is 3. The highest BCUT2D eigenvalue weighted by Crippen LogP contribution is 2.40. The van der Waals surface area contributed by atoms with Gasteiger partial charge in [0, 0.05) is 18.5 Å². The van der Waals surface area contributed by atoms with Crippen LogP contribution < -0.4 is 10.2 Å². The smallest absolute Gasteiger partial charge is 0.416 e. The number of carbonyl (C=O) groups excluding carboxylic acids is 1. The van der Waals surface area contributed by atoms with Crippen LogP contribution in [0.5, 0.6) is 0 Å². The lowest BCUT2D eigenvalue weighted by atomic mass is 9.91. The van der Waals surface area contributed by atoms with Crippen LogP contribution in [0.2, 0.25) is 0 Å². The van der Waals surface area contributed by atoms with Crippen LogP contribution in [0.3, 0.4) is 0 Å². The molecule has 3 rings (SSSR count). The first-order valence-corrected chi connectivity index (χ1v) is 9.85. The van der Waals surface area contributed by atoms with Crippen LogP contribution in [-0.4, -0.2) is 31.4 Å². The second kappa shape index (κ2) is 9.49. The Morgan fingerprint density at radius 2 is 1.74 bits per heavy atom. The molecule has 5 nitrogen and oxygen atoms in total. The van der Waals surface area contributed by atoms with Crippen LogP contribution in [-0.2, 0) is 20.4 Å². The maximum absolute atomic E-state index is 13.7. The van der Waals surface area contributed by atoms with Gasteiger partial charge in [-0.3, -0.25) is 4.90 Å². The van der Waals surface area contributed by atoms with Crippen LogP contribution in [0, 0.1) is 0 Å². The average Bonchev–Trinajstić information content (AvgIpc) is 2.73. The number of carbonyl (C=O) groups is 1. The van der Waals surface area contributed by atoms with Gasteiger partial charge in [-0.1, -0.05) is 36.4 Å². The second-order valence-electron chi connectivity index (χ2n) is 6.77. The van der Waals surface area contributed by atoms with Gasteiger partial charge >= 0.3 is 12.1 Å². The van der Waals surface area contributed by atoms with Crippen molar-refractivity contribution in [3.63, 3.8) is 0 Å². The Morgan fingerprint density at radius 1 is 1.10 bits per heavy atom. The number of ether oxygens (including phenoxy) is 2. The number of methoxy groups -OCH3 is 1. The van der Waals surface area contributed by atoms with Gasteiger partial charge in [0.15, 0.2) is 5.11 Å². The van der Waals surface area contributed by atoms with Gasteiger partial charge in [0.1, 0.15) is 6.61 Å². The van der Waals surface area contributed by atoms with E-state index in [0.717, 1.165) is 6.07 Å². The van der Waals surface area contributed by atoms with Gasteiger partial charge in [0.05, 0.1) is 23.8 Å². The summed E-state index contributed by atoms with van der Waals surface area (Å²) in [5.74, 6) is -0.743. The van der Waals surface area contributed by atoms with Crippen molar-refractivity contribution in [1.82, 2.24) is 5.32 Å². The fourth-order valence-corrected chi connectivity index (χ4v) is 3.79. The molecule has 0 aliphatic carbocycles.